The van der Waals surface area contributed by atoms with E-state index in [0.29, 0.717) is 6.04 Å². The molecule has 0 radical (unpaired) electrons. The van der Waals surface area contributed by atoms with Gasteiger partial charge in [0.15, 0.2) is 0 Å². The Balaban J connectivity index is 2.06. The van der Waals surface area contributed by atoms with Crippen molar-refractivity contribution in [2.75, 3.05) is 39.3 Å². The first kappa shape index (κ1) is 16.9. The second-order valence-electron chi connectivity index (χ2n) is 6.13. The predicted molar refractivity (Wildman–Crippen MR) is 84.8 cm³/mol. The molecule has 1 rings (SSSR count). The van der Waals surface area contributed by atoms with Crippen LogP contribution < -0.4 is 5.32 Å². The molecule has 3 heteroatoms. The van der Waals surface area contributed by atoms with Gasteiger partial charge < -0.3 is 5.32 Å². The normalized spacial score (nSPS) is 23.7. The summed E-state index contributed by atoms with van der Waals surface area (Å²) >= 11 is 0. The van der Waals surface area contributed by atoms with Gasteiger partial charge in [0.25, 0.3) is 0 Å². The fourth-order valence-electron chi connectivity index (χ4n) is 3.02. The number of hydrogen-bond acceptors (Lipinski definition) is 3. The lowest BCUT2D eigenvalue weighted by Crippen LogP contribution is -2.53. The molecule has 0 amide bonds. The molecule has 0 saturated carbocycles. The maximum Gasteiger partial charge on any atom is 0.0195 e. The summed E-state index contributed by atoms with van der Waals surface area (Å²) in [5.74, 6) is 0. The fraction of sp³-hybridized carbons (Fsp3) is 1.00. The van der Waals surface area contributed by atoms with E-state index in [1.165, 1.54) is 58.4 Å². The van der Waals surface area contributed by atoms with Gasteiger partial charge in [-0.3, -0.25) is 9.80 Å². The molecule has 2 unspecified atom stereocenters. The summed E-state index contributed by atoms with van der Waals surface area (Å²) in [5.41, 5.74) is 0. The molecular weight excluding hydrogens is 234 g/mol. The lowest BCUT2D eigenvalue weighted by molar-refractivity contribution is 0.0882. The van der Waals surface area contributed by atoms with E-state index in [0.717, 1.165) is 12.6 Å². The minimum absolute atomic E-state index is 0.681. The van der Waals surface area contributed by atoms with Gasteiger partial charge in [0.2, 0.25) is 0 Å². The van der Waals surface area contributed by atoms with Gasteiger partial charge >= 0.3 is 0 Å². The van der Waals surface area contributed by atoms with Gasteiger partial charge in [-0.1, -0.05) is 33.1 Å². The molecular formula is C16H35N3. The Morgan fingerprint density at radius 2 is 2.00 bits per heavy atom. The van der Waals surface area contributed by atoms with E-state index >= 15 is 0 Å². The van der Waals surface area contributed by atoms with Gasteiger partial charge in [0.05, 0.1) is 0 Å². The Kier molecular flexibility index (Phi) is 8.67. The van der Waals surface area contributed by atoms with Gasteiger partial charge in [-0.25, -0.2) is 0 Å². The highest BCUT2D eigenvalue weighted by Gasteiger charge is 2.21. The Bertz CT molecular complexity index is 220. The number of hydrogen-bond donors (Lipinski definition) is 1. The van der Waals surface area contributed by atoms with Crippen molar-refractivity contribution in [1.29, 1.82) is 0 Å². The van der Waals surface area contributed by atoms with E-state index in [-0.39, 0.29) is 0 Å². The number of nitrogens with zero attached hydrogens (tertiary/aromatic N) is 2. The lowest BCUT2D eigenvalue weighted by atomic mass is 10.1. The van der Waals surface area contributed by atoms with E-state index in [1.807, 2.05) is 0 Å². The molecule has 3 nitrogen and oxygen atoms in total. The number of likely N-dealkylation sites (N-methyl/N-ethyl adjacent to an activating group) is 1. The summed E-state index contributed by atoms with van der Waals surface area (Å²) in [5, 5.41) is 3.67. The van der Waals surface area contributed by atoms with Crippen LogP contribution in [0.1, 0.15) is 53.4 Å². The van der Waals surface area contributed by atoms with Crippen LogP contribution in [-0.4, -0.2) is 61.2 Å². The Morgan fingerprint density at radius 1 is 1.21 bits per heavy atom. The summed E-state index contributed by atoms with van der Waals surface area (Å²) in [6, 6.07) is 1.40. The first-order valence-corrected chi connectivity index (χ1v) is 8.37. The molecule has 0 bridgehead atoms. The molecule has 0 aliphatic carbocycles. The lowest BCUT2D eigenvalue weighted by Gasteiger charge is -2.39. The Hall–Kier alpha value is -0.120. The van der Waals surface area contributed by atoms with Crippen LogP contribution >= 0.6 is 0 Å². The van der Waals surface area contributed by atoms with Crippen LogP contribution in [0.2, 0.25) is 0 Å². The van der Waals surface area contributed by atoms with Crippen LogP contribution in [0.3, 0.4) is 0 Å². The predicted octanol–water partition coefficient (Wildman–Crippen LogP) is 2.57. The van der Waals surface area contributed by atoms with Crippen LogP contribution in [-0.2, 0) is 0 Å². The minimum atomic E-state index is 0.681. The summed E-state index contributed by atoms with van der Waals surface area (Å²) in [7, 11) is 0. The maximum absolute atomic E-state index is 3.67. The third-order valence-corrected chi connectivity index (χ3v) is 4.42. The van der Waals surface area contributed by atoms with Crippen molar-refractivity contribution < 1.29 is 0 Å². The SMILES string of the molecule is CCCCCC(C)NCCN1CCN(CC)C(C)C1. The van der Waals surface area contributed by atoms with Gasteiger partial charge in [-0.15, -0.1) is 0 Å². The first-order valence-electron chi connectivity index (χ1n) is 8.37. The number of nitrogens with one attached hydrogen (secondary N) is 1. The van der Waals surface area contributed by atoms with Crippen LogP contribution in [0, 0.1) is 0 Å². The van der Waals surface area contributed by atoms with Crippen molar-refractivity contribution in [3.05, 3.63) is 0 Å². The highest BCUT2D eigenvalue weighted by Crippen LogP contribution is 2.08. The Labute approximate surface area is 120 Å². The summed E-state index contributed by atoms with van der Waals surface area (Å²) in [4.78, 5) is 5.19. The van der Waals surface area contributed by atoms with E-state index in [1.54, 1.807) is 0 Å². The highest BCUT2D eigenvalue weighted by molar-refractivity contribution is 4.78. The molecule has 0 aromatic rings. The molecule has 1 N–H and O–H groups in total. The molecule has 1 aliphatic heterocycles. The van der Waals surface area contributed by atoms with Crippen LogP contribution in [0.15, 0.2) is 0 Å². The van der Waals surface area contributed by atoms with Crippen LogP contribution in [0.4, 0.5) is 0 Å². The highest BCUT2D eigenvalue weighted by atomic mass is 15.3. The molecule has 0 spiro atoms. The molecule has 19 heavy (non-hydrogen) atoms. The number of unbranched alkanes of at least 4 members (excludes halogenated alkanes) is 2. The molecule has 1 saturated heterocycles. The monoisotopic (exact) mass is 269 g/mol. The second-order valence-corrected chi connectivity index (χ2v) is 6.13. The minimum Gasteiger partial charge on any atom is -0.313 e. The summed E-state index contributed by atoms with van der Waals surface area (Å²) in [6.45, 7) is 16.5. The Morgan fingerprint density at radius 3 is 2.63 bits per heavy atom. The fourth-order valence-corrected chi connectivity index (χ4v) is 3.02. The van der Waals surface area contributed by atoms with Gasteiger partial charge in [-0.2, -0.15) is 0 Å². The third kappa shape index (κ3) is 6.73. The van der Waals surface area contributed by atoms with Crippen molar-refractivity contribution in [2.24, 2.45) is 0 Å². The quantitative estimate of drug-likeness (QED) is 0.649. The zero-order valence-electron chi connectivity index (χ0n) is 13.6. The summed E-state index contributed by atoms with van der Waals surface area (Å²) < 4.78 is 0. The zero-order valence-corrected chi connectivity index (χ0v) is 13.6. The van der Waals surface area contributed by atoms with Crippen LogP contribution in [0.25, 0.3) is 0 Å². The molecule has 0 aromatic carbocycles. The van der Waals surface area contributed by atoms with E-state index in [4.69, 9.17) is 0 Å². The number of piperazine rings is 1. The van der Waals surface area contributed by atoms with E-state index < -0.39 is 0 Å². The number of rotatable bonds is 9. The zero-order chi connectivity index (χ0) is 14.1. The standard InChI is InChI=1S/C16H35N3/c1-5-7-8-9-15(3)17-10-11-18-12-13-19(6-2)16(4)14-18/h15-17H,5-14H2,1-4H3. The van der Waals surface area contributed by atoms with Gasteiger partial charge in [0, 0.05) is 44.8 Å². The molecule has 1 heterocycles. The molecule has 2 atom stereocenters. The van der Waals surface area contributed by atoms with Crippen LogP contribution in [0.5, 0.6) is 0 Å². The topological polar surface area (TPSA) is 18.5 Å². The van der Waals surface area contributed by atoms with Gasteiger partial charge in [0.1, 0.15) is 0 Å². The molecule has 1 fully saturated rings. The van der Waals surface area contributed by atoms with Crippen molar-refractivity contribution >= 4 is 0 Å². The largest absolute Gasteiger partial charge is 0.313 e. The maximum atomic E-state index is 3.67. The smallest absolute Gasteiger partial charge is 0.0195 e. The average molecular weight is 269 g/mol. The second kappa shape index (κ2) is 9.73. The van der Waals surface area contributed by atoms with E-state index in [9.17, 15) is 0 Å². The van der Waals surface area contributed by atoms with Crippen molar-refractivity contribution in [3.8, 4) is 0 Å². The van der Waals surface area contributed by atoms with Crippen molar-refractivity contribution in [2.45, 2.75) is 65.5 Å². The molecule has 0 aromatic heterocycles. The third-order valence-electron chi connectivity index (χ3n) is 4.42. The average Bonchev–Trinajstić information content (AvgIpc) is 2.39. The molecule has 114 valence electrons. The first-order chi connectivity index (χ1) is 9.17. The molecule has 1 aliphatic rings. The van der Waals surface area contributed by atoms with Crippen molar-refractivity contribution in [1.82, 2.24) is 15.1 Å². The van der Waals surface area contributed by atoms with Crippen molar-refractivity contribution in [3.63, 3.8) is 0 Å². The van der Waals surface area contributed by atoms with E-state index in [2.05, 4.69) is 42.8 Å². The summed E-state index contributed by atoms with van der Waals surface area (Å²) in [6.07, 6.45) is 5.40. The van der Waals surface area contributed by atoms with Gasteiger partial charge in [-0.05, 0) is 26.8 Å².